The second kappa shape index (κ2) is 21.9. The van der Waals surface area contributed by atoms with E-state index in [0.717, 1.165) is 16.2 Å². The number of ether oxygens (including phenoxy) is 2. The van der Waals surface area contributed by atoms with Gasteiger partial charge in [-0.2, -0.15) is 0 Å². The number of hydrogen-bond donors (Lipinski definition) is 5. The molecule has 4 heterocycles. The van der Waals surface area contributed by atoms with Gasteiger partial charge in [-0.15, -0.1) is 0 Å². The molecule has 6 aromatic rings. The molecule has 1 spiro atoms. The predicted octanol–water partition coefficient (Wildman–Crippen LogP) is 5.96. The third-order valence-electron chi connectivity index (χ3n) is 14.6. The van der Waals surface area contributed by atoms with Gasteiger partial charge in [-0.05, 0) is 82.4 Å². The number of anilines is 3. The second-order valence-electron chi connectivity index (χ2n) is 19.0. The smallest absolute Gasteiger partial charge is 0.329 e. The van der Waals surface area contributed by atoms with Crippen molar-refractivity contribution < 1.29 is 43.3 Å². The highest BCUT2D eigenvalue weighted by molar-refractivity contribution is 6.25. The van der Waals surface area contributed by atoms with Gasteiger partial charge in [0.1, 0.15) is 29.9 Å². The number of urea groups is 2. The minimum atomic E-state index is -2.12. The number of aliphatic hydroxyl groups excluding tert-OH is 1. The number of morpholine rings is 1. The van der Waals surface area contributed by atoms with E-state index >= 15 is 19.2 Å². The lowest BCUT2D eigenvalue weighted by molar-refractivity contribution is -0.177. The Bertz CT molecular complexity index is 3220. The number of piperazine rings is 1. The molecule has 10 rings (SSSR count). The van der Waals surface area contributed by atoms with Crippen molar-refractivity contribution in [3.63, 3.8) is 0 Å². The first-order valence-electron chi connectivity index (χ1n) is 25.1. The number of cyclic esters (lactones) is 1. The second-order valence-corrected chi connectivity index (χ2v) is 19.0. The third-order valence-corrected chi connectivity index (χ3v) is 14.6. The summed E-state index contributed by atoms with van der Waals surface area (Å²) in [5.74, 6) is 2.44. The first-order valence-corrected chi connectivity index (χ1v) is 25.1. The summed E-state index contributed by atoms with van der Waals surface area (Å²) in [6.07, 6.45) is -0.969. The molecular weight excluding hydrogens is 965 g/mol. The fourth-order valence-electron chi connectivity index (χ4n) is 11.3. The number of carbonyl (C=O) groups excluding carboxylic acids is 6. The number of nitrogens with one attached hydrogen (secondary N) is 3. The summed E-state index contributed by atoms with van der Waals surface area (Å²) >= 11 is 0. The van der Waals surface area contributed by atoms with Gasteiger partial charge >= 0.3 is 18.0 Å². The molecule has 0 saturated carbocycles. The maximum absolute atomic E-state index is 16.7. The van der Waals surface area contributed by atoms with Gasteiger partial charge in [0, 0.05) is 56.6 Å². The summed E-state index contributed by atoms with van der Waals surface area (Å²) in [5.41, 5.74) is 7.85. The summed E-state index contributed by atoms with van der Waals surface area (Å²) in [6, 6.07) is 42.0. The van der Waals surface area contributed by atoms with Crippen molar-refractivity contribution in [1.29, 1.82) is 0 Å². The van der Waals surface area contributed by atoms with Crippen LogP contribution in [0.5, 0.6) is 5.75 Å². The highest BCUT2D eigenvalue weighted by Gasteiger charge is 2.75. The summed E-state index contributed by atoms with van der Waals surface area (Å²) in [4.78, 5) is 94.2. The molecule has 17 heteroatoms. The molecule has 17 nitrogen and oxygen atoms in total. The molecule has 0 aliphatic carbocycles. The molecule has 76 heavy (non-hydrogen) atoms. The molecular formula is C59H56N8O9. The largest absolute Gasteiger partial charge is 0.491 e. The molecule has 386 valence electrons. The van der Waals surface area contributed by atoms with Crippen LogP contribution in [0.2, 0.25) is 0 Å². The van der Waals surface area contributed by atoms with Crippen molar-refractivity contribution in [2.45, 2.75) is 43.1 Å². The zero-order valence-electron chi connectivity index (χ0n) is 41.6. The van der Waals surface area contributed by atoms with Crippen LogP contribution in [-0.2, 0) is 35.9 Å². The number of rotatable bonds is 12. The fourth-order valence-corrected chi connectivity index (χ4v) is 11.3. The van der Waals surface area contributed by atoms with Crippen molar-refractivity contribution in [3.8, 4) is 17.6 Å². The number of nitrogens with two attached hydrogens (primary N) is 1. The van der Waals surface area contributed by atoms with Gasteiger partial charge in [0.25, 0.3) is 0 Å². The standard InChI is InChI=1S/C59H56N8O9/c1-38(69)64-29-31-65(32-30-64)45-25-23-44(24-26-45)63-54(70)49-51-55(71)76-52(42-18-9-4-10-19-42)50(41-16-7-3-8-17-41)67(51)53(43-20-11-21-46(36-43)75-34-33-68)59(49)47-35-39(15-12-28-61-57(60)73)22-27-48(47)66(56(59)72)58(74)62-37-40-13-5-2-6-14-40/h2-11,13-14,16-27,35-36,49-53,68H,28-34,37H2,1H3,(H,62,74)(H,63,70)(H3,60,61,73)/t49-,50-,51?,52+,53+,59-/m1/s1. The van der Waals surface area contributed by atoms with Crippen LogP contribution in [0.3, 0.4) is 0 Å². The Labute approximate surface area is 439 Å². The van der Waals surface area contributed by atoms with Crippen molar-refractivity contribution in [2.24, 2.45) is 11.7 Å². The SMILES string of the molecule is CC(=O)N1CCN(c2ccc(NC(=O)[C@H]3C4C(=O)O[C@@H](c5ccccc5)[C@@H](c5ccccc5)N4[C@@H](c4cccc(OCCO)c4)[C@]34C(=O)N(C(=O)NCc3ccccc3)c3ccc(C#CCNC(N)=O)cc34)cc2)CC1. The van der Waals surface area contributed by atoms with Crippen LogP contribution < -0.4 is 36.2 Å². The van der Waals surface area contributed by atoms with Gasteiger partial charge in [-0.1, -0.05) is 115 Å². The monoisotopic (exact) mass is 1020 g/mol. The molecule has 0 aromatic heterocycles. The molecule has 6 N–H and O–H groups in total. The lowest BCUT2D eigenvalue weighted by Gasteiger charge is -2.46. The van der Waals surface area contributed by atoms with Gasteiger partial charge in [-0.3, -0.25) is 24.1 Å². The lowest BCUT2D eigenvalue weighted by atomic mass is 9.65. The number of nitrogens with zero attached hydrogens (tertiary/aromatic N) is 4. The van der Waals surface area contributed by atoms with Crippen LogP contribution in [0.4, 0.5) is 26.7 Å². The first-order chi connectivity index (χ1) is 37.0. The maximum Gasteiger partial charge on any atom is 0.329 e. The number of carbonyl (C=O) groups is 6. The minimum absolute atomic E-state index is 0.0133. The maximum atomic E-state index is 16.7. The quantitative estimate of drug-likeness (QED) is 0.0712. The van der Waals surface area contributed by atoms with E-state index in [0.29, 0.717) is 59.9 Å². The summed E-state index contributed by atoms with van der Waals surface area (Å²) < 4.78 is 12.7. The zero-order chi connectivity index (χ0) is 52.9. The van der Waals surface area contributed by atoms with Crippen LogP contribution in [0.1, 0.15) is 58.5 Å². The highest BCUT2D eigenvalue weighted by atomic mass is 16.6. The zero-order valence-corrected chi connectivity index (χ0v) is 41.6. The Morgan fingerprint density at radius 2 is 1.43 bits per heavy atom. The number of fused-ring (bicyclic) bond motifs is 3. The Hall–Kier alpha value is -8.98. The predicted molar refractivity (Wildman–Crippen MR) is 284 cm³/mol. The van der Waals surface area contributed by atoms with Gasteiger partial charge in [0.2, 0.25) is 17.7 Å². The molecule has 4 aliphatic rings. The van der Waals surface area contributed by atoms with Crippen molar-refractivity contribution >= 4 is 52.8 Å². The fraction of sp³-hybridized carbons (Fsp3) is 0.254. The van der Waals surface area contributed by atoms with E-state index in [9.17, 15) is 14.7 Å². The van der Waals surface area contributed by atoms with Gasteiger partial charge < -0.3 is 46.1 Å². The van der Waals surface area contributed by atoms with E-state index in [-0.39, 0.29) is 43.5 Å². The normalized spacial score (nSPS) is 21.7. The highest BCUT2D eigenvalue weighted by Crippen LogP contribution is 2.66. The molecule has 1 unspecified atom stereocenters. The van der Waals surface area contributed by atoms with Crippen LogP contribution in [0.15, 0.2) is 158 Å². The van der Waals surface area contributed by atoms with Crippen molar-refractivity contribution in [2.75, 3.05) is 61.1 Å². The van der Waals surface area contributed by atoms with Gasteiger partial charge in [0.05, 0.1) is 36.8 Å². The molecule has 4 aliphatic heterocycles. The minimum Gasteiger partial charge on any atom is -0.491 e. The number of esters is 1. The molecule has 0 radical (unpaired) electrons. The van der Waals surface area contributed by atoms with E-state index in [1.807, 2.05) is 108 Å². The molecule has 0 bridgehead atoms. The average molecular weight is 1020 g/mol. The van der Waals surface area contributed by atoms with Gasteiger partial charge in [0.15, 0.2) is 0 Å². The summed E-state index contributed by atoms with van der Waals surface area (Å²) in [7, 11) is 0. The summed E-state index contributed by atoms with van der Waals surface area (Å²) in [6.45, 7) is 3.51. The van der Waals surface area contributed by atoms with E-state index in [1.165, 1.54) is 0 Å². The van der Waals surface area contributed by atoms with E-state index < -0.39 is 65.4 Å². The number of aliphatic hydroxyl groups is 1. The molecule has 7 amide bonds. The van der Waals surface area contributed by atoms with Crippen LogP contribution in [0.25, 0.3) is 0 Å². The average Bonchev–Trinajstić information content (AvgIpc) is 4.09. The Balaban J connectivity index is 1.20. The van der Waals surface area contributed by atoms with Crippen molar-refractivity contribution in [1.82, 2.24) is 20.4 Å². The van der Waals surface area contributed by atoms with E-state index in [2.05, 4.69) is 32.7 Å². The van der Waals surface area contributed by atoms with E-state index in [4.69, 9.17) is 15.2 Å². The Kier molecular flexibility index (Phi) is 14.5. The van der Waals surface area contributed by atoms with Crippen molar-refractivity contribution in [3.05, 3.63) is 191 Å². The van der Waals surface area contributed by atoms with E-state index in [1.54, 1.807) is 66.4 Å². The van der Waals surface area contributed by atoms with Crippen LogP contribution in [0, 0.1) is 17.8 Å². The number of benzene rings is 6. The number of primary amides is 1. The molecule has 3 saturated heterocycles. The molecule has 3 fully saturated rings. The number of hydrogen-bond acceptors (Lipinski definition) is 11. The van der Waals surface area contributed by atoms with Crippen LogP contribution >= 0.6 is 0 Å². The molecule has 6 aromatic carbocycles. The summed E-state index contributed by atoms with van der Waals surface area (Å²) in [5, 5.41) is 18.4. The van der Waals surface area contributed by atoms with Gasteiger partial charge in [-0.25, -0.2) is 14.5 Å². The molecule has 6 atom stereocenters. The Morgan fingerprint density at radius 1 is 0.763 bits per heavy atom. The third kappa shape index (κ3) is 9.67. The number of imide groups is 1. The topological polar surface area (TPSA) is 216 Å². The lowest BCUT2D eigenvalue weighted by Crippen LogP contribution is -2.55. The number of amides is 7. The first kappa shape index (κ1) is 50.5. The Morgan fingerprint density at radius 3 is 2.11 bits per heavy atom. The van der Waals surface area contributed by atoms with Crippen LogP contribution in [-0.4, -0.2) is 103 Å².